The highest BCUT2D eigenvalue weighted by Gasteiger charge is 2.40. The van der Waals surface area contributed by atoms with Crippen LogP contribution in [0.4, 0.5) is 4.39 Å². The van der Waals surface area contributed by atoms with E-state index in [2.05, 4.69) is 5.32 Å². The number of hydrogen-bond acceptors (Lipinski definition) is 6. The average Bonchev–Trinajstić information content (AvgIpc) is 3.28. The van der Waals surface area contributed by atoms with Gasteiger partial charge in [0.25, 0.3) is 0 Å². The number of carbonyl (C=O) groups is 2. The number of carbonyl (C=O) groups excluding carboxylic acids is 2. The fraction of sp³-hybridized carbons (Fsp3) is 0.333. The molecule has 10 heteroatoms. The molecule has 1 aliphatic rings. The standard InChI is InChI=1S/C21H23FN2O6S/c1-29-18-10-9-14(12-15(18)21(26)30-2)13-23-20(25)17-7-5-11-24(17)31(27,28)19-8-4-3-6-16(19)22/h3-4,6,8-10,12,17H,5,7,11,13H2,1-2H3,(H,23,25). The molecule has 1 N–H and O–H groups in total. The summed E-state index contributed by atoms with van der Waals surface area (Å²) in [6.07, 6.45) is 0.816. The van der Waals surface area contributed by atoms with E-state index in [0.29, 0.717) is 24.2 Å². The zero-order valence-corrected chi connectivity index (χ0v) is 17.9. The number of ether oxygens (including phenoxy) is 2. The molecule has 0 aromatic heterocycles. The number of nitrogens with one attached hydrogen (secondary N) is 1. The van der Waals surface area contributed by atoms with Crippen molar-refractivity contribution in [3.05, 3.63) is 59.4 Å². The van der Waals surface area contributed by atoms with Crippen LogP contribution in [0.3, 0.4) is 0 Å². The molecule has 1 fully saturated rings. The van der Waals surface area contributed by atoms with E-state index in [0.717, 1.165) is 10.4 Å². The van der Waals surface area contributed by atoms with Gasteiger partial charge in [0.1, 0.15) is 28.1 Å². The van der Waals surface area contributed by atoms with E-state index in [1.807, 2.05) is 0 Å². The van der Waals surface area contributed by atoms with Crippen LogP contribution < -0.4 is 10.1 Å². The van der Waals surface area contributed by atoms with Gasteiger partial charge in [-0.2, -0.15) is 4.31 Å². The van der Waals surface area contributed by atoms with Gasteiger partial charge in [-0.3, -0.25) is 4.79 Å². The number of rotatable bonds is 7. The third-order valence-electron chi connectivity index (χ3n) is 5.07. The van der Waals surface area contributed by atoms with Gasteiger partial charge in [-0.15, -0.1) is 0 Å². The highest BCUT2D eigenvalue weighted by atomic mass is 32.2. The first-order valence-electron chi connectivity index (χ1n) is 9.59. The molecule has 1 atom stereocenters. The summed E-state index contributed by atoms with van der Waals surface area (Å²) in [6.45, 7) is 0.195. The summed E-state index contributed by atoms with van der Waals surface area (Å²) in [4.78, 5) is 24.2. The maximum absolute atomic E-state index is 14.1. The summed E-state index contributed by atoms with van der Waals surface area (Å²) in [5.74, 6) is -1.60. The molecule has 166 valence electrons. The van der Waals surface area contributed by atoms with E-state index in [4.69, 9.17) is 9.47 Å². The molecule has 0 aliphatic carbocycles. The van der Waals surface area contributed by atoms with Crippen LogP contribution in [0.15, 0.2) is 47.4 Å². The Morgan fingerprint density at radius 3 is 2.61 bits per heavy atom. The van der Waals surface area contributed by atoms with Gasteiger partial charge in [0, 0.05) is 13.1 Å². The first kappa shape index (κ1) is 22.7. The van der Waals surface area contributed by atoms with E-state index in [1.165, 1.54) is 38.5 Å². The summed E-state index contributed by atoms with van der Waals surface area (Å²) in [7, 11) is -1.48. The average molecular weight is 450 g/mol. The largest absolute Gasteiger partial charge is 0.496 e. The van der Waals surface area contributed by atoms with Crippen LogP contribution in [-0.4, -0.2) is 51.4 Å². The minimum Gasteiger partial charge on any atom is -0.496 e. The molecule has 0 bridgehead atoms. The lowest BCUT2D eigenvalue weighted by Crippen LogP contribution is -2.45. The molecule has 1 heterocycles. The molecule has 3 rings (SSSR count). The maximum Gasteiger partial charge on any atom is 0.341 e. The first-order valence-corrected chi connectivity index (χ1v) is 11.0. The van der Waals surface area contributed by atoms with Crippen molar-refractivity contribution in [2.75, 3.05) is 20.8 Å². The van der Waals surface area contributed by atoms with Crippen LogP contribution in [0.1, 0.15) is 28.8 Å². The lowest BCUT2D eigenvalue weighted by Gasteiger charge is -2.23. The number of benzene rings is 2. The molecule has 0 saturated carbocycles. The van der Waals surface area contributed by atoms with E-state index in [9.17, 15) is 22.4 Å². The predicted octanol–water partition coefficient (Wildman–Crippen LogP) is 2.09. The summed E-state index contributed by atoms with van der Waals surface area (Å²) >= 11 is 0. The number of methoxy groups -OCH3 is 2. The molecule has 0 spiro atoms. The molecule has 31 heavy (non-hydrogen) atoms. The molecular formula is C21H23FN2O6S. The Hall–Kier alpha value is -2.98. The van der Waals surface area contributed by atoms with Gasteiger partial charge in [0.05, 0.1) is 14.2 Å². The van der Waals surface area contributed by atoms with Crippen molar-refractivity contribution in [2.24, 2.45) is 0 Å². The third kappa shape index (κ3) is 4.70. The molecule has 2 aromatic rings. The van der Waals surface area contributed by atoms with E-state index >= 15 is 0 Å². The van der Waals surface area contributed by atoms with Crippen molar-refractivity contribution >= 4 is 21.9 Å². The topological polar surface area (TPSA) is 102 Å². The van der Waals surface area contributed by atoms with E-state index in [-0.39, 0.29) is 18.7 Å². The van der Waals surface area contributed by atoms with Crippen LogP contribution in [0.5, 0.6) is 5.75 Å². The first-order chi connectivity index (χ1) is 14.8. The summed E-state index contributed by atoms with van der Waals surface area (Å²) in [6, 6.07) is 8.94. The van der Waals surface area contributed by atoms with Gasteiger partial charge in [-0.05, 0) is 42.7 Å². The molecular weight excluding hydrogens is 427 g/mol. The Labute approximate surface area is 180 Å². The Morgan fingerprint density at radius 2 is 1.94 bits per heavy atom. The summed E-state index contributed by atoms with van der Waals surface area (Å²) in [5, 5.41) is 2.70. The SMILES string of the molecule is COC(=O)c1cc(CNC(=O)C2CCCN2S(=O)(=O)c2ccccc2F)ccc1OC. The smallest absolute Gasteiger partial charge is 0.341 e. The Bertz CT molecular complexity index is 1090. The lowest BCUT2D eigenvalue weighted by atomic mass is 10.1. The molecule has 0 radical (unpaired) electrons. The van der Waals surface area contributed by atoms with Crippen molar-refractivity contribution in [3.8, 4) is 5.75 Å². The van der Waals surface area contributed by atoms with Gasteiger partial charge in [-0.25, -0.2) is 17.6 Å². The number of sulfonamides is 1. The summed E-state index contributed by atoms with van der Waals surface area (Å²) in [5.41, 5.74) is 0.817. The molecule has 1 unspecified atom stereocenters. The van der Waals surface area contributed by atoms with Crippen LogP contribution in [0.25, 0.3) is 0 Å². The fourth-order valence-corrected chi connectivity index (χ4v) is 5.23. The molecule has 1 amide bonds. The molecule has 2 aromatic carbocycles. The maximum atomic E-state index is 14.1. The number of halogens is 1. The van der Waals surface area contributed by atoms with E-state index < -0.39 is 38.7 Å². The van der Waals surface area contributed by atoms with Gasteiger partial charge >= 0.3 is 5.97 Å². The predicted molar refractivity (Wildman–Crippen MR) is 109 cm³/mol. The van der Waals surface area contributed by atoms with Crippen LogP contribution >= 0.6 is 0 Å². The van der Waals surface area contributed by atoms with Crippen LogP contribution in [-0.2, 0) is 26.1 Å². The number of nitrogens with zero attached hydrogens (tertiary/aromatic N) is 1. The molecule has 1 saturated heterocycles. The minimum absolute atomic E-state index is 0.0664. The van der Waals surface area contributed by atoms with Gasteiger partial charge in [0.15, 0.2) is 0 Å². The van der Waals surface area contributed by atoms with Crippen molar-refractivity contribution in [1.29, 1.82) is 0 Å². The van der Waals surface area contributed by atoms with Crippen molar-refractivity contribution in [2.45, 2.75) is 30.3 Å². The van der Waals surface area contributed by atoms with Gasteiger partial charge in [0.2, 0.25) is 15.9 Å². The lowest BCUT2D eigenvalue weighted by molar-refractivity contribution is -0.124. The van der Waals surface area contributed by atoms with Crippen LogP contribution in [0, 0.1) is 5.82 Å². The minimum atomic E-state index is -4.16. The fourth-order valence-electron chi connectivity index (χ4n) is 3.51. The third-order valence-corrected chi connectivity index (χ3v) is 7.01. The normalized spacial score (nSPS) is 16.7. The van der Waals surface area contributed by atoms with Crippen molar-refractivity contribution < 1.29 is 31.9 Å². The van der Waals surface area contributed by atoms with Crippen LogP contribution in [0.2, 0.25) is 0 Å². The Balaban J connectivity index is 1.75. The second-order valence-corrected chi connectivity index (χ2v) is 8.81. The van der Waals surface area contributed by atoms with Gasteiger partial charge < -0.3 is 14.8 Å². The number of amides is 1. The monoisotopic (exact) mass is 450 g/mol. The quantitative estimate of drug-likeness (QED) is 0.648. The van der Waals surface area contributed by atoms with E-state index in [1.54, 1.807) is 12.1 Å². The summed E-state index contributed by atoms with van der Waals surface area (Å²) < 4.78 is 50.8. The molecule has 1 aliphatic heterocycles. The zero-order valence-electron chi connectivity index (χ0n) is 17.1. The zero-order chi connectivity index (χ0) is 22.6. The second-order valence-electron chi connectivity index (χ2n) is 6.95. The Kier molecular flexibility index (Phi) is 6.91. The van der Waals surface area contributed by atoms with Gasteiger partial charge in [-0.1, -0.05) is 18.2 Å². The van der Waals surface area contributed by atoms with Crippen molar-refractivity contribution in [1.82, 2.24) is 9.62 Å². The highest BCUT2D eigenvalue weighted by Crippen LogP contribution is 2.28. The van der Waals surface area contributed by atoms with Crippen molar-refractivity contribution in [3.63, 3.8) is 0 Å². The highest BCUT2D eigenvalue weighted by molar-refractivity contribution is 7.89. The number of esters is 1. The second kappa shape index (κ2) is 9.44. The molecule has 8 nitrogen and oxygen atoms in total. The number of hydrogen-bond donors (Lipinski definition) is 1. The Morgan fingerprint density at radius 1 is 1.19 bits per heavy atom.